The van der Waals surface area contributed by atoms with Gasteiger partial charge in [0.25, 0.3) is 0 Å². The van der Waals surface area contributed by atoms with Crippen LogP contribution in [0.25, 0.3) is 10.8 Å². The van der Waals surface area contributed by atoms with Gasteiger partial charge in [0, 0.05) is 36.8 Å². The Balaban J connectivity index is 1.29. The summed E-state index contributed by atoms with van der Waals surface area (Å²) in [7, 11) is -3.88. The first kappa shape index (κ1) is 40.3. The van der Waals surface area contributed by atoms with Gasteiger partial charge in [0.15, 0.2) is 11.6 Å². The third-order valence-corrected chi connectivity index (χ3v) is 12.7. The van der Waals surface area contributed by atoms with Crippen molar-refractivity contribution in [1.82, 2.24) is 14.6 Å². The van der Waals surface area contributed by atoms with Gasteiger partial charge in [-0.25, -0.2) is 13.4 Å². The number of sulfonamides is 1. The molecule has 1 aliphatic heterocycles. The summed E-state index contributed by atoms with van der Waals surface area (Å²) in [6.07, 6.45) is 6.95. The van der Waals surface area contributed by atoms with Crippen molar-refractivity contribution in [3.63, 3.8) is 0 Å². The van der Waals surface area contributed by atoms with Gasteiger partial charge in [0.05, 0.1) is 29.7 Å². The highest BCUT2D eigenvalue weighted by atomic mass is 32.2. The van der Waals surface area contributed by atoms with Gasteiger partial charge in [0.1, 0.15) is 11.7 Å². The van der Waals surface area contributed by atoms with E-state index in [0.717, 1.165) is 29.2 Å². The second kappa shape index (κ2) is 15.6. The SMILES string of the molecule is C=C[C@@H]1C[C@]1(CC(=O)[C@@H]1C[C@@H](Oc2nccc3ccc(C4CC4)cc23)CN1C(=O)[C@H](CCC(=O)C=C(C)C)CC(=O)OC(C)(C)C)C(=O)NS(=O)(=O)C1CC1. The van der Waals surface area contributed by atoms with Crippen LogP contribution < -0.4 is 9.46 Å². The molecule has 3 saturated carbocycles. The number of allylic oxidation sites excluding steroid dienone is 3. The lowest BCUT2D eigenvalue weighted by Gasteiger charge is -2.29. The summed E-state index contributed by atoms with van der Waals surface area (Å²) in [5.41, 5.74) is -0.135. The number of ether oxygens (including phenoxy) is 2. The number of carbonyl (C=O) groups is 5. The van der Waals surface area contributed by atoms with Gasteiger partial charge >= 0.3 is 5.97 Å². The third kappa shape index (κ3) is 9.71. The Morgan fingerprint density at radius 1 is 1.09 bits per heavy atom. The smallest absolute Gasteiger partial charge is 0.307 e. The zero-order valence-electron chi connectivity index (χ0n) is 32.5. The van der Waals surface area contributed by atoms with E-state index in [1.807, 2.05) is 12.1 Å². The molecule has 2 aromatic rings. The highest BCUT2D eigenvalue weighted by Gasteiger charge is 2.61. The number of hydrogen-bond acceptors (Lipinski definition) is 10. The predicted molar refractivity (Wildman–Crippen MR) is 206 cm³/mol. The van der Waals surface area contributed by atoms with E-state index in [4.69, 9.17) is 9.47 Å². The molecule has 4 aliphatic rings. The number of hydrogen-bond donors (Lipinski definition) is 1. The molecule has 1 aromatic carbocycles. The number of esters is 1. The lowest BCUT2D eigenvalue weighted by Crippen LogP contribution is -2.46. The standard InChI is InChI=1S/C42H53N3O9S/c1-7-30-22-42(30,40(50)44-55(51,52)33-14-15-33)23-36(47)35-21-32(53-38-34-19-28(26-8-9-26)11-10-27(34)16-17-43-38)24-45(35)39(49)29(12-13-31(46)18-25(2)3)20-37(48)54-41(4,5)6/h7,10-11,16-19,26,29-30,32-33,35H,1,8-9,12-15,20-24H2,2-6H3,(H,44,50)/t29-,30-,32-,35+,42-/m1/s1. The molecule has 0 spiro atoms. The molecular weight excluding hydrogens is 723 g/mol. The van der Waals surface area contributed by atoms with Crippen molar-refractivity contribution in [2.75, 3.05) is 6.54 Å². The summed E-state index contributed by atoms with van der Waals surface area (Å²) < 4.78 is 39.8. The zero-order valence-corrected chi connectivity index (χ0v) is 33.3. The van der Waals surface area contributed by atoms with Gasteiger partial charge in [-0.15, -0.1) is 6.58 Å². The molecule has 296 valence electrons. The molecule has 12 nitrogen and oxygen atoms in total. The monoisotopic (exact) mass is 775 g/mol. The Labute approximate surface area is 323 Å². The van der Waals surface area contributed by atoms with Crippen LogP contribution in [0.4, 0.5) is 0 Å². The normalized spacial score (nSPS) is 24.1. The Bertz CT molecular complexity index is 2020. The van der Waals surface area contributed by atoms with Gasteiger partial charge < -0.3 is 14.4 Å². The third-order valence-electron chi connectivity index (χ3n) is 10.9. The van der Waals surface area contributed by atoms with Crippen LogP contribution in [-0.4, -0.2) is 77.2 Å². The maximum atomic E-state index is 14.6. The number of aromatic nitrogens is 1. The van der Waals surface area contributed by atoms with Crippen molar-refractivity contribution in [1.29, 1.82) is 0 Å². The Morgan fingerprint density at radius 2 is 1.82 bits per heavy atom. The maximum Gasteiger partial charge on any atom is 0.307 e. The Kier molecular flexibility index (Phi) is 11.4. The van der Waals surface area contributed by atoms with Crippen LogP contribution in [0.3, 0.4) is 0 Å². The van der Waals surface area contributed by atoms with Crippen LogP contribution in [0.1, 0.15) is 110 Å². The molecule has 4 fully saturated rings. The number of likely N-dealkylation sites (tertiary alicyclic amines) is 1. The first-order valence-corrected chi connectivity index (χ1v) is 20.9. The quantitative estimate of drug-likeness (QED) is 0.116. The fourth-order valence-corrected chi connectivity index (χ4v) is 9.05. The van der Waals surface area contributed by atoms with Gasteiger partial charge in [0.2, 0.25) is 27.7 Å². The van der Waals surface area contributed by atoms with Crippen LogP contribution in [0, 0.1) is 17.3 Å². The summed E-state index contributed by atoms with van der Waals surface area (Å²) in [4.78, 5) is 74.6. The Morgan fingerprint density at radius 3 is 2.44 bits per heavy atom. The molecule has 3 aliphatic carbocycles. The molecule has 0 bridgehead atoms. The molecule has 6 rings (SSSR count). The van der Waals surface area contributed by atoms with Crippen LogP contribution in [0.15, 0.2) is 54.8 Å². The molecule has 1 N–H and O–H groups in total. The average Bonchev–Trinajstić information content (AvgIpc) is 3.98. The zero-order chi connectivity index (χ0) is 39.9. The summed E-state index contributed by atoms with van der Waals surface area (Å²) in [5, 5.41) is 1.13. The molecular formula is C42H53N3O9S. The minimum atomic E-state index is -3.88. The van der Waals surface area contributed by atoms with Crippen LogP contribution in [0.5, 0.6) is 5.88 Å². The van der Waals surface area contributed by atoms with Crippen LogP contribution >= 0.6 is 0 Å². The number of fused-ring (bicyclic) bond motifs is 1. The molecule has 1 aromatic heterocycles. The number of amides is 2. The number of nitrogens with zero attached hydrogens (tertiary/aromatic N) is 2. The summed E-state index contributed by atoms with van der Waals surface area (Å²) in [6.45, 7) is 12.6. The molecule has 2 amide bonds. The van der Waals surface area contributed by atoms with Crippen molar-refractivity contribution in [3.05, 3.63) is 60.3 Å². The highest BCUT2D eigenvalue weighted by molar-refractivity contribution is 7.90. The molecule has 55 heavy (non-hydrogen) atoms. The minimum Gasteiger partial charge on any atom is -0.472 e. The fraction of sp³-hybridized carbons (Fsp3) is 0.571. The topological polar surface area (TPSA) is 166 Å². The molecule has 2 heterocycles. The van der Waals surface area contributed by atoms with E-state index >= 15 is 0 Å². The Hall–Kier alpha value is -4.39. The van der Waals surface area contributed by atoms with E-state index in [2.05, 4.69) is 28.4 Å². The number of benzene rings is 1. The number of Topliss-reactive ketones (excluding diaryl/α,β-unsaturated/α-hetero) is 1. The van der Waals surface area contributed by atoms with E-state index in [1.165, 1.54) is 16.5 Å². The fourth-order valence-electron chi connectivity index (χ4n) is 7.66. The lowest BCUT2D eigenvalue weighted by atomic mass is 9.90. The van der Waals surface area contributed by atoms with Crippen molar-refractivity contribution in [2.24, 2.45) is 17.3 Å². The summed E-state index contributed by atoms with van der Waals surface area (Å²) >= 11 is 0. The van der Waals surface area contributed by atoms with E-state index in [-0.39, 0.29) is 50.9 Å². The second-order valence-electron chi connectivity index (χ2n) is 17.1. The summed E-state index contributed by atoms with van der Waals surface area (Å²) in [6, 6.07) is 7.06. The number of ketones is 2. The number of carbonyl (C=O) groups excluding carboxylic acids is 5. The van der Waals surface area contributed by atoms with Crippen molar-refractivity contribution in [3.8, 4) is 5.88 Å². The van der Waals surface area contributed by atoms with Crippen molar-refractivity contribution < 1.29 is 41.9 Å². The van der Waals surface area contributed by atoms with E-state index in [0.29, 0.717) is 24.6 Å². The van der Waals surface area contributed by atoms with Gasteiger partial charge in [-0.2, -0.15) is 0 Å². The van der Waals surface area contributed by atoms with E-state index in [9.17, 15) is 32.4 Å². The molecule has 0 radical (unpaired) electrons. The number of pyridine rings is 1. The van der Waals surface area contributed by atoms with Crippen molar-refractivity contribution >= 4 is 50.1 Å². The highest BCUT2D eigenvalue weighted by Crippen LogP contribution is 2.57. The molecule has 1 saturated heterocycles. The second-order valence-corrected chi connectivity index (χ2v) is 19.0. The number of nitrogens with one attached hydrogen (secondary N) is 1. The van der Waals surface area contributed by atoms with Crippen LogP contribution in [-0.2, 0) is 38.7 Å². The minimum absolute atomic E-state index is 0.000215. The first-order chi connectivity index (χ1) is 25.9. The van der Waals surface area contributed by atoms with Gasteiger partial charge in [-0.3, -0.25) is 28.7 Å². The van der Waals surface area contributed by atoms with Crippen LogP contribution in [0.2, 0.25) is 0 Å². The van der Waals surface area contributed by atoms with Gasteiger partial charge in [-0.1, -0.05) is 23.8 Å². The van der Waals surface area contributed by atoms with E-state index < -0.39 is 73.8 Å². The molecule has 0 unspecified atom stereocenters. The lowest BCUT2D eigenvalue weighted by molar-refractivity contribution is -0.159. The van der Waals surface area contributed by atoms with Gasteiger partial charge in [-0.05, 0) is 114 Å². The largest absolute Gasteiger partial charge is 0.472 e. The maximum absolute atomic E-state index is 14.6. The molecule has 13 heteroatoms. The summed E-state index contributed by atoms with van der Waals surface area (Å²) in [5.74, 6) is -3.02. The number of rotatable bonds is 17. The molecule has 5 atom stereocenters. The average molecular weight is 776 g/mol. The van der Waals surface area contributed by atoms with Crippen molar-refractivity contribution in [2.45, 2.75) is 128 Å². The van der Waals surface area contributed by atoms with E-state index in [1.54, 1.807) is 46.9 Å². The first-order valence-electron chi connectivity index (χ1n) is 19.4. The predicted octanol–water partition coefficient (Wildman–Crippen LogP) is 5.88.